The van der Waals surface area contributed by atoms with Crippen LogP contribution < -0.4 is 14.2 Å². The second kappa shape index (κ2) is 15.7. The van der Waals surface area contributed by atoms with Gasteiger partial charge in [0.1, 0.15) is 11.7 Å². The Bertz CT molecular complexity index is 2010. The van der Waals surface area contributed by atoms with Crippen LogP contribution in [0.2, 0.25) is 0 Å². The van der Waals surface area contributed by atoms with Gasteiger partial charge in [-0.1, -0.05) is 19.1 Å². The fourth-order valence-corrected chi connectivity index (χ4v) is 9.26. The van der Waals surface area contributed by atoms with Crippen LogP contribution in [-0.4, -0.2) is 90.2 Å². The number of esters is 1. The highest BCUT2D eigenvalue weighted by Gasteiger charge is 2.62. The molecule has 1 aromatic carbocycles. The summed E-state index contributed by atoms with van der Waals surface area (Å²) in [6.45, 7) is 10.5. The highest BCUT2D eigenvalue weighted by molar-refractivity contribution is 7.91. The zero-order valence-corrected chi connectivity index (χ0v) is 34.1. The van der Waals surface area contributed by atoms with Gasteiger partial charge < -0.3 is 23.8 Å². The molecular weight excluding hydrogens is 746 g/mol. The molecule has 13 nitrogen and oxygen atoms in total. The minimum Gasteiger partial charge on any atom is -0.494 e. The number of nitrogens with zero attached hydrogens (tertiary/aromatic N) is 2. The molecule has 3 heterocycles. The molecule has 7 atom stereocenters. The fourth-order valence-electron chi connectivity index (χ4n) is 7.92. The number of carbonyl (C=O) groups is 4. The summed E-state index contributed by atoms with van der Waals surface area (Å²) >= 11 is 0. The molecule has 3 fully saturated rings. The number of Topliss-reactive ketones (excluding diaryl/α,β-unsaturated/α-hetero) is 1. The first kappa shape index (κ1) is 41.5. The molecule has 1 N–H and O–H groups in total. The Hall–Kier alpha value is -4.11. The van der Waals surface area contributed by atoms with Crippen LogP contribution in [0.5, 0.6) is 11.6 Å². The van der Waals surface area contributed by atoms with Crippen LogP contribution in [0.1, 0.15) is 99.3 Å². The molecule has 306 valence electrons. The summed E-state index contributed by atoms with van der Waals surface area (Å²) in [5, 5.41) is 0.955. The summed E-state index contributed by atoms with van der Waals surface area (Å²) < 4.78 is 66.2. The number of allylic oxidation sites excluding steroid dienone is 2. The Kier molecular flexibility index (Phi) is 11.6. The highest BCUT2D eigenvalue weighted by atomic mass is 32.2. The molecule has 1 saturated heterocycles. The number of carbonyl (C=O) groups excluding carboxylic acids is 4. The van der Waals surface area contributed by atoms with Crippen LogP contribution >= 0.6 is 0 Å². The van der Waals surface area contributed by atoms with Gasteiger partial charge in [0.15, 0.2) is 17.3 Å². The van der Waals surface area contributed by atoms with Crippen LogP contribution in [0.15, 0.2) is 36.5 Å². The third-order valence-corrected chi connectivity index (χ3v) is 13.8. The first-order valence-electron chi connectivity index (χ1n) is 19.5. The quantitative estimate of drug-likeness (QED) is 0.249. The monoisotopic (exact) mass is 799 g/mol. The molecule has 0 spiro atoms. The zero-order valence-electron chi connectivity index (χ0n) is 33.3. The van der Waals surface area contributed by atoms with E-state index in [1.807, 2.05) is 26.0 Å². The van der Waals surface area contributed by atoms with Crippen LogP contribution in [0.25, 0.3) is 10.8 Å². The lowest BCUT2D eigenvalue weighted by atomic mass is 9.90. The van der Waals surface area contributed by atoms with Crippen molar-refractivity contribution in [3.63, 3.8) is 0 Å². The van der Waals surface area contributed by atoms with E-state index in [1.54, 1.807) is 33.8 Å². The minimum absolute atomic E-state index is 0.00304. The number of fused-ring (bicyclic) bond motifs is 3. The third kappa shape index (κ3) is 8.73. The molecule has 15 heteroatoms. The van der Waals surface area contributed by atoms with E-state index in [4.69, 9.17) is 18.9 Å². The average molecular weight is 800 g/mol. The van der Waals surface area contributed by atoms with Crippen molar-refractivity contribution >= 4 is 44.4 Å². The van der Waals surface area contributed by atoms with Crippen LogP contribution in [0, 0.1) is 23.1 Å². The third-order valence-electron chi connectivity index (χ3n) is 11.6. The van der Waals surface area contributed by atoms with Gasteiger partial charge in [0.2, 0.25) is 27.7 Å². The summed E-state index contributed by atoms with van der Waals surface area (Å²) in [6.07, 6.45) is 5.52. The number of ether oxygens (including phenoxy) is 4. The molecule has 1 aromatic heterocycles. The van der Waals surface area contributed by atoms with Gasteiger partial charge in [-0.25, -0.2) is 17.8 Å². The summed E-state index contributed by atoms with van der Waals surface area (Å²) in [7, 11) is -2.63. The summed E-state index contributed by atoms with van der Waals surface area (Å²) in [4.78, 5) is 62.6. The lowest BCUT2D eigenvalue weighted by Crippen LogP contribution is -2.49. The molecule has 2 saturated carbocycles. The SMILES string of the molecule is CC[C@@H]1O[C@H](C)CC/C=C\[C@@H]2C[C@@]2(C(=O)NS(=O)(=O)C2(C)CC2)CC(=O)[C@@H]2C[C@@H](Oc3nccc4cc(OC)c(F)cc34)CN2C(=O)[C@H]1CC(=O)OC(C)(C)C. The van der Waals surface area contributed by atoms with E-state index in [2.05, 4.69) is 9.71 Å². The number of ketones is 1. The molecule has 4 aliphatic rings. The number of halogens is 1. The largest absolute Gasteiger partial charge is 0.494 e. The number of nitrogens with one attached hydrogen (secondary N) is 1. The molecule has 2 aliphatic heterocycles. The average Bonchev–Trinajstić information content (AvgIpc) is 4.00. The molecule has 2 aromatic rings. The van der Waals surface area contributed by atoms with Gasteiger partial charge in [-0.2, -0.15) is 0 Å². The smallest absolute Gasteiger partial charge is 0.307 e. The zero-order chi connectivity index (χ0) is 40.8. The standard InChI is InChI=1S/C41H54FN3O10S/c1-8-33-29(20-35(47)55-39(3,4)5)37(48)45-23-27(54-36-28-19-30(42)34(52-7)17-25(28)13-16-43-36)18-31(45)32(46)22-41(21-26(41)12-10-9-11-24(2)53-33)38(49)44-56(50,51)40(6)14-15-40/h10,12-13,16-17,19,24,26-27,29,31,33H,8-9,11,14-15,18,20-23H2,1-7H3,(H,44,49)/b12-10-/t24-,26-,27-,29+,31+,33+,41-/m1/s1. The van der Waals surface area contributed by atoms with E-state index in [0.717, 1.165) is 0 Å². The number of pyridine rings is 1. The first-order valence-corrected chi connectivity index (χ1v) is 21.0. The molecule has 56 heavy (non-hydrogen) atoms. The first-order chi connectivity index (χ1) is 26.3. The molecular formula is C41H54FN3O10S. The minimum atomic E-state index is -3.99. The Balaban J connectivity index is 1.37. The highest BCUT2D eigenvalue weighted by Crippen LogP contribution is 2.57. The molecule has 0 unspecified atom stereocenters. The van der Waals surface area contributed by atoms with Crippen LogP contribution in [-0.2, 0) is 38.7 Å². The van der Waals surface area contributed by atoms with Crippen molar-refractivity contribution in [3.8, 4) is 11.6 Å². The van der Waals surface area contributed by atoms with Crippen molar-refractivity contribution in [2.24, 2.45) is 17.3 Å². The number of benzene rings is 1. The Labute approximate surface area is 328 Å². The number of methoxy groups -OCH3 is 1. The van der Waals surface area contributed by atoms with Gasteiger partial charge in [0.05, 0.1) is 54.4 Å². The van der Waals surface area contributed by atoms with E-state index in [-0.39, 0.29) is 50.0 Å². The van der Waals surface area contributed by atoms with Crippen LogP contribution in [0.4, 0.5) is 4.39 Å². The van der Waals surface area contributed by atoms with E-state index in [1.165, 1.54) is 30.3 Å². The van der Waals surface area contributed by atoms with E-state index >= 15 is 0 Å². The van der Waals surface area contributed by atoms with Crippen molar-refractivity contribution in [1.82, 2.24) is 14.6 Å². The summed E-state index contributed by atoms with van der Waals surface area (Å²) in [6, 6.07) is 3.35. The Morgan fingerprint density at radius 3 is 2.57 bits per heavy atom. The lowest BCUT2D eigenvalue weighted by Gasteiger charge is -2.33. The number of hydrogen-bond acceptors (Lipinski definition) is 11. The number of aromatic nitrogens is 1. The van der Waals surface area contributed by atoms with Crippen molar-refractivity contribution in [2.45, 2.75) is 134 Å². The fraction of sp³-hybridized carbons (Fsp3) is 0.634. The number of amides is 2. The molecule has 0 bridgehead atoms. The van der Waals surface area contributed by atoms with Gasteiger partial charge in [-0.3, -0.25) is 23.9 Å². The number of hydrogen-bond donors (Lipinski definition) is 1. The number of rotatable bonds is 9. The Morgan fingerprint density at radius 1 is 1.18 bits per heavy atom. The lowest BCUT2D eigenvalue weighted by molar-refractivity contribution is -0.163. The van der Waals surface area contributed by atoms with E-state index < -0.39 is 85.3 Å². The predicted octanol–water partition coefficient (Wildman–Crippen LogP) is 5.58. The van der Waals surface area contributed by atoms with Crippen molar-refractivity contribution in [1.29, 1.82) is 0 Å². The summed E-state index contributed by atoms with van der Waals surface area (Å²) in [5.41, 5.74) is -2.15. The maximum atomic E-state index is 14.9. The van der Waals surface area contributed by atoms with E-state index in [0.29, 0.717) is 42.9 Å². The normalized spacial score (nSPS) is 30.0. The second-order valence-corrected chi connectivity index (χ2v) is 19.3. The van der Waals surface area contributed by atoms with Crippen molar-refractivity contribution in [2.75, 3.05) is 13.7 Å². The van der Waals surface area contributed by atoms with E-state index in [9.17, 15) is 32.0 Å². The van der Waals surface area contributed by atoms with Crippen LogP contribution in [0.3, 0.4) is 0 Å². The van der Waals surface area contributed by atoms with Crippen molar-refractivity contribution < 1.29 is 50.9 Å². The maximum absolute atomic E-state index is 14.9. The second-order valence-electron chi connectivity index (χ2n) is 17.1. The topological polar surface area (TPSA) is 167 Å². The molecule has 6 rings (SSSR count). The number of sulfonamides is 1. The van der Waals surface area contributed by atoms with Gasteiger partial charge >= 0.3 is 5.97 Å². The summed E-state index contributed by atoms with van der Waals surface area (Å²) in [5.74, 6) is -4.20. The van der Waals surface area contributed by atoms with Gasteiger partial charge in [-0.05, 0) is 103 Å². The van der Waals surface area contributed by atoms with Gasteiger partial charge in [0.25, 0.3) is 0 Å². The Morgan fingerprint density at radius 2 is 1.91 bits per heavy atom. The maximum Gasteiger partial charge on any atom is 0.307 e. The molecule has 2 amide bonds. The molecule has 0 radical (unpaired) electrons. The predicted molar refractivity (Wildman–Crippen MR) is 205 cm³/mol. The van der Waals surface area contributed by atoms with Crippen molar-refractivity contribution in [3.05, 3.63) is 42.4 Å². The van der Waals surface area contributed by atoms with Gasteiger partial charge in [-0.15, -0.1) is 0 Å². The van der Waals surface area contributed by atoms with Gasteiger partial charge in [0, 0.05) is 24.4 Å². The molecule has 2 aliphatic carbocycles.